The van der Waals surface area contributed by atoms with Crippen LogP contribution in [-0.2, 0) is 23.7 Å². The average Bonchev–Trinajstić information content (AvgIpc) is 3.35. The molecule has 1 aliphatic heterocycles. The molecule has 0 aromatic heterocycles. The number of para-hydroxylation sites is 1. The highest BCUT2D eigenvalue weighted by Crippen LogP contribution is 2.30. The van der Waals surface area contributed by atoms with Crippen LogP contribution in [0.3, 0.4) is 0 Å². The summed E-state index contributed by atoms with van der Waals surface area (Å²) in [6, 6.07) is 33.1. The van der Waals surface area contributed by atoms with Crippen LogP contribution in [0.15, 0.2) is 121 Å². The van der Waals surface area contributed by atoms with Gasteiger partial charge in [-0.15, -0.1) is 0 Å². The normalized spacial score (nSPS) is 19.1. The monoisotopic (exact) mass is 581 g/mol. The van der Waals surface area contributed by atoms with Crippen molar-refractivity contribution in [1.29, 1.82) is 0 Å². The van der Waals surface area contributed by atoms with E-state index >= 15 is 0 Å². The van der Waals surface area contributed by atoms with Crippen LogP contribution in [0.4, 0.5) is 10.5 Å². The van der Waals surface area contributed by atoms with Crippen molar-refractivity contribution in [1.82, 2.24) is 0 Å². The summed E-state index contributed by atoms with van der Waals surface area (Å²) >= 11 is 0. The molecule has 0 radical (unpaired) electrons. The van der Waals surface area contributed by atoms with Crippen molar-refractivity contribution in [2.45, 2.75) is 24.6 Å². The van der Waals surface area contributed by atoms with Crippen LogP contribution < -0.4 is 5.32 Å². The number of hydrogen-bond donors (Lipinski definition) is 1. The number of anilines is 1. The van der Waals surface area contributed by atoms with E-state index in [9.17, 15) is 19.2 Å². The van der Waals surface area contributed by atoms with Gasteiger partial charge in [0.15, 0.2) is 6.10 Å². The largest absolute Gasteiger partial charge is 0.459 e. The molecule has 0 saturated carbocycles. The quantitative estimate of drug-likeness (QED) is 0.208. The van der Waals surface area contributed by atoms with Crippen LogP contribution in [0, 0.1) is 0 Å². The molecule has 1 N–H and O–H groups in total. The molecule has 1 saturated heterocycles. The Balaban J connectivity index is 1.41. The molecule has 0 bridgehead atoms. The van der Waals surface area contributed by atoms with E-state index in [1.807, 2.05) is 0 Å². The Morgan fingerprint density at radius 2 is 1.02 bits per heavy atom. The van der Waals surface area contributed by atoms with Crippen molar-refractivity contribution in [2.24, 2.45) is 0 Å². The summed E-state index contributed by atoms with van der Waals surface area (Å²) in [5.41, 5.74) is 1.17. The van der Waals surface area contributed by atoms with Gasteiger partial charge in [0.05, 0.1) is 16.7 Å². The van der Waals surface area contributed by atoms with Crippen molar-refractivity contribution in [3.8, 4) is 0 Å². The molecule has 4 atom stereocenters. The maximum atomic E-state index is 13.1. The SMILES string of the molecule is O=C(Nc1ccccc1)O[C@@H]1[C@H](OC(=O)c2ccccc2)O[C@H](COC(=O)c2ccccc2)[C@@H]1OC(=O)c1ccccc1. The minimum atomic E-state index is -1.51. The van der Waals surface area contributed by atoms with Gasteiger partial charge >= 0.3 is 24.0 Å². The van der Waals surface area contributed by atoms with E-state index in [0.29, 0.717) is 11.3 Å². The minimum Gasteiger partial charge on any atom is -0.459 e. The van der Waals surface area contributed by atoms with E-state index in [0.717, 1.165) is 0 Å². The number of nitrogens with one attached hydrogen (secondary N) is 1. The number of amides is 1. The van der Waals surface area contributed by atoms with Gasteiger partial charge in [-0.25, -0.2) is 19.2 Å². The second-order valence-electron chi connectivity index (χ2n) is 9.38. The van der Waals surface area contributed by atoms with Gasteiger partial charge in [0.25, 0.3) is 0 Å². The summed E-state index contributed by atoms with van der Waals surface area (Å²) in [5, 5.41) is 2.58. The van der Waals surface area contributed by atoms with Crippen molar-refractivity contribution in [3.63, 3.8) is 0 Å². The smallest absolute Gasteiger partial charge is 0.412 e. The number of carbonyl (C=O) groups excluding carboxylic acids is 4. The van der Waals surface area contributed by atoms with Gasteiger partial charge in [0.1, 0.15) is 12.7 Å². The zero-order valence-electron chi connectivity index (χ0n) is 22.7. The summed E-state index contributed by atoms with van der Waals surface area (Å²) < 4.78 is 28.5. The molecular formula is C33H27NO9. The molecular weight excluding hydrogens is 554 g/mol. The Hall–Kier alpha value is -5.48. The van der Waals surface area contributed by atoms with Crippen LogP contribution >= 0.6 is 0 Å². The summed E-state index contributed by atoms with van der Waals surface area (Å²) in [7, 11) is 0. The van der Waals surface area contributed by atoms with E-state index in [4.69, 9.17) is 23.7 Å². The van der Waals surface area contributed by atoms with Gasteiger partial charge < -0.3 is 23.7 Å². The number of hydrogen-bond acceptors (Lipinski definition) is 9. The maximum absolute atomic E-state index is 13.1. The Bertz CT molecular complexity index is 1530. The zero-order chi connectivity index (χ0) is 30.0. The molecule has 218 valence electrons. The molecule has 1 amide bonds. The van der Waals surface area contributed by atoms with E-state index in [-0.39, 0.29) is 11.1 Å². The van der Waals surface area contributed by atoms with Gasteiger partial charge in [-0.1, -0.05) is 72.8 Å². The summed E-state index contributed by atoms with van der Waals surface area (Å²) in [6.07, 6.45) is -6.34. The summed E-state index contributed by atoms with van der Waals surface area (Å²) in [4.78, 5) is 51.8. The molecule has 0 spiro atoms. The van der Waals surface area contributed by atoms with Crippen molar-refractivity contribution >= 4 is 29.7 Å². The number of benzene rings is 4. The van der Waals surface area contributed by atoms with Gasteiger partial charge in [0.2, 0.25) is 12.4 Å². The molecule has 4 aromatic rings. The second-order valence-corrected chi connectivity index (χ2v) is 9.38. The highest BCUT2D eigenvalue weighted by atomic mass is 16.8. The van der Waals surface area contributed by atoms with Crippen LogP contribution in [0.25, 0.3) is 0 Å². The highest BCUT2D eigenvalue weighted by molar-refractivity contribution is 5.91. The van der Waals surface area contributed by atoms with Gasteiger partial charge in [-0.05, 0) is 48.5 Å². The van der Waals surface area contributed by atoms with Gasteiger partial charge in [-0.3, -0.25) is 5.32 Å². The topological polar surface area (TPSA) is 126 Å². The number of ether oxygens (including phenoxy) is 5. The molecule has 10 heteroatoms. The molecule has 5 rings (SSSR count). The molecule has 0 aliphatic carbocycles. The van der Waals surface area contributed by atoms with Gasteiger partial charge in [-0.2, -0.15) is 0 Å². The van der Waals surface area contributed by atoms with Crippen LogP contribution in [-0.4, -0.2) is 55.2 Å². The Kier molecular flexibility index (Phi) is 9.40. The third-order valence-corrected chi connectivity index (χ3v) is 6.40. The lowest BCUT2D eigenvalue weighted by Gasteiger charge is -2.24. The first-order chi connectivity index (χ1) is 21.0. The molecule has 1 aliphatic rings. The van der Waals surface area contributed by atoms with Crippen LogP contribution in [0.2, 0.25) is 0 Å². The van der Waals surface area contributed by atoms with E-state index in [1.54, 1.807) is 121 Å². The predicted octanol–water partition coefficient (Wildman–Crippen LogP) is 5.27. The summed E-state index contributed by atoms with van der Waals surface area (Å²) in [6.45, 7) is -0.403. The zero-order valence-corrected chi connectivity index (χ0v) is 22.7. The third-order valence-electron chi connectivity index (χ3n) is 6.40. The van der Waals surface area contributed by atoms with Crippen LogP contribution in [0.5, 0.6) is 0 Å². The van der Waals surface area contributed by atoms with Crippen molar-refractivity contribution < 1.29 is 42.9 Å². The van der Waals surface area contributed by atoms with E-state index < -0.39 is 55.2 Å². The predicted molar refractivity (Wildman–Crippen MR) is 153 cm³/mol. The first-order valence-electron chi connectivity index (χ1n) is 13.4. The lowest BCUT2D eigenvalue weighted by atomic mass is 10.1. The second kappa shape index (κ2) is 13.9. The van der Waals surface area contributed by atoms with E-state index in [2.05, 4.69) is 5.32 Å². The molecule has 43 heavy (non-hydrogen) atoms. The lowest BCUT2D eigenvalue weighted by molar-refractivity contribution is -0.139. The summed E-state index contributed by atoms with van der Waals surface area (Å²) in [5.74, 6) is -2.17. The maximum Gasteiger partial charge on any atom is 0.412 e. The standard InChI is InChI=1S/C33H27NO9/c35-29(22-13-5-1-6-14-22)39-21-26-27(41-30(36)23-15-7-2-8-16-23)28(42-33(38)34-25-19-11-4-12-20-25)32(40-26)43-31(37)24-17-9-3-10-18-24/h1-20,26-28,32H,21H2,(H,34,38)/t26-,27+,28+,32+/m1/s1. The van der Waals surface area contributed by atoms with Crippen molar-refractivity contribution in [2.75, 3.05) is 11.9 Å². The first-order valence-corrected chi connectivity index (χ1v) is 13.4. The number of carbonyl (C=O) groups is 4. The number of rotatable bonds is 9. The lowest BCUT2D eigenvalue weighted by Crippen LogP contribution is -2.43. The van der Waals surface area contributed by atoms with Crippen LogP contribution in [0.1, 0.15) is 31.1 Å². The molecule has 10 nitrogen and oxygen atoms in total. The van der Waals surface area contributed by atoms with E-state index in [1.165, 1.54) is 0 Å². The minimum absolute atomic E-state index is 0.218. The average molecular weight is 582 g/mol. The highest BCUT2D eigenvalue weighted by Gasteiger charge is 2.52. The molecule has 1 heterocycles. The Labute approximate surface area is 247 Å². The Morgan fingerprint density at radius 3 is 1.56 bits per heavy atom. The fraction of sp³-hybridized carbons (Fsp3) is 0.152. The Morgan fingerprint density at radius 1 is 0.558 bits per heavy atom. The van der Waals surface area contributed by atoms with Gasteiger partial charge in [0, 0.05) is 5.69 Å². The van der Waals surface area contributed by atoms with Crippen molar-refractivity contribution in [3.05, 3.63) is 138 Å². The number of esters is 3. The third kappa shape index (κ3) is 7.63. The fourth-order valence-electron chi connectivity index (χ4n) is 4.31. The fourth-order valence-corrected chi connectivity index (χ4v) is 4.31. The molecule has 0 unspecified atom stereocenters. The molecule has 1 fully saturated rings. The first kappa shape index (κ1) is 29.0. The molecule has 4 aromatic carbocycles.